The zero-order valence-corrected chi connectivity index (χ0v) is 25.7. The molecule has 0 aromatic rings. The Balaban J connectivity index is 2.45. The van der Waals surface area contributed by atoms with Crippen molar-refractivity contribution in [3.63, 3.8) is 0 Å². The molecule has 20 heteroatoms. The first-order valence-corrected chi connectivity index (χ1v) is 14.8. The third kappa shape index (κ3) is 9.71. The van der Waals surface area contributed by atoms with Crippen LogP contribution in [0.15, 0.2) is 0 Å². The topological polar surface area (TPSA) is 338 Å². The van der Waals surface area contributed by atoms with Gasteiger partial charge < -0.3 is 81.4 Å². The third-order valence-corrected chi connectivity index (χ3v) is 8.08. The van der Waals surface area contributed by atoms with Crippen molar-refractivity contribution in [2.75, 3.05) is 26.7 Å². The number of rotatable bonds is 19. The first-order chi connectivity index (χ1) is 21.8. The maximum atomic E-state index is 12.8. The number of hydrogen-bond acceptors (Lipinski definition) is 19. The van der Waals surface area contributed by atoms with Gasteiger partial charge in [0.1, 0.15) is 61.6 Å². The van der Waals surface area contributed by atoms with E-state index in [9.17, 15) is 44.7 Å². The van der Waals surface area contributed by atoms with Crippen LogP contribution >= 0.6 is 0 Å². The highest BCUT2D eigenvalue weighted by molar-refractivity contribution is 5.91. The molecule has 0 aromatic carbocycles. The molecule has 2 rings (SSSR count). The number of likely N-dealkylation sites (N-methyl/N-ethyl adjacent to an activating group) is 1. The van der Waals surface area contributed by atoms with Crippen molar-refractivity contribution in [2.24, 2.45) is 34.9 Å². The van der Waals surface area contributed by atoms with Crippen LogP contribution in [0.4, 0.5) is 0 Å². The van der Waals surface area contributed by atoms with Gasteiger partial charge in [0.05, 0.1) is 30.1 Å². The minimum Gasteiger partial charge on any atom is -0.389 e. The molecule has 2 heterocycles. The van der Waals surface area contributed by atoms with Crippen LogP contribution in [0.5, 0.6) is 0 Å². The number of hydrogen-bond donors (Lipinski definition) is 11. The molecule has 0 aromatic heterocycles. The minimum atomic E-state index is -1.81. The normalized spacial score (nSPS) is 35.0. The molecule has 2 saturated heterocycles. The maximum Gasteiger partial charge on any atom is 0.230 e. The van der Waals surface area contributed by atoms with Gasteiger partial charge in [0, 0.05) is 32.6 Å². The maximum absolute atomic E-state index is 12.8. The summed E-state index contributed by atoms with van der Waals surface area (Å²) in [5, 5.41) is 57.9. The smallest absolute Gasteiger partial charge is 0.230 e. The van der Waals surface area contributed by atoms with Crippen LogP contribution in [0.1, 0.15) is 19.8 Å². The summed E-state index contributed by atoms with van der Waals surface area (Å²) in [6, 6.07) is -2.24. The first kappa shape index (κ1) is 40.1. The average Bonchev–Trinajstić information content (AvgIpc) is 3.03. The van der Waals surface area contributed by atoms with Gasteiger partial charge in [-0.2, -0.15) is 5.53 Å². The Morgan fingerprint density at radius 2 is 1.65 bits per heavy atom. The lowest BCUT2D eigenvalue weighted by Gasteiger charge is -2.47. The van der Waals surface area contributed by atoms with Crippen LogP contribution in [0.2, 0.25) is 0 Å². The summed E-state index contributed by atoms with van der Waals surface area (Å²) in [4.78, 5) is 47.4. The summed E-state index contributed by atoms with van der Waals surface area (Å²) in [5.41, 5.74) is 19.5. The number of nitrogens with two attached hydrogens (primary N) is 4. The molecular weight excluding hydrogens is 618 g/mol. The number of carbonyl (C=O) groups is 4. The summed E-state index contributed by atoms with van der Waals surface area (Å²) in [6.45, 7) is 0.666. The number of hydrazine groups is 2. The summed E-state index contributed by atoms with van der Waals surface area (Å²) >= 11 is 0. The van der Waals surface area contributed by atoms with Gasteiger partial charge in [-0.15, -0.1) is 0 Å². The summed E-state index contributed by atoms with van der Waals surface area (Å²) in [5.74, 6) is 2.16. The zero-order chi connectivity index (χ0) is 34.7. The number of aliphatic hydroxyl groups is 5. The Kier molecular flexibility index (Phi) is 16.6. The van der Waals surface area contributed by atoms with Crippen molar-refractivity contribution < 1.29 is 63.7 Å². The van der Waals surface area contributed by atoms with Crippen molar-refractivity contribution in [3.8, 4) is 0 Å². The number of aliphatic hydroxyl groups excluding tert-OH is 5. The molecule has 0 saturated carbocycles. The monoisotopic (exact) mass is 667 g/mol. The van der Waals surface area contributed by atoms with Crippen LogP contribution in [-0.4, -0.2) is 162 Å². The van der Waals surface area contributed by atoms with E-state index in [1.807, 2.05) is 0 Å². The quantitative estimate of drug-likeness (QED) is 0.0264. The van der Waals surface area contributed by atoms with E-state index in [4.69, 9.17) is 42.0 Å². The second-order valence-electron chi connectivity index (χ2n) is 11.3. The molecule has 266 valence electrons. The fraction of sp³-hybridized carbons (Fsp3) is 0.846. The lowest BCUT2D eigenvalue weighted by Crippen LogP contribution is -2.67. The fourth-order valence-corrected chi connectivity index (χ4v) is 5.35. The Morgan fingerprint density at radius 3 is 2.17 bits per heavy atom. The van der Waals surface area contributed by atoms with E-state index in [2.05, 4.69) is 10.9 Å². The molecule has 15 atom stereocenters. The lowest BCUT2D eigenvalue weighted by atomic mass is 9.91. The number of carbonyl (C=O) groups excluding carboxylic acids is 4. The van der Waals surface area contributed by atoms with Gasteiger partial charge in [-0.05, 0) is 19.9 Å². The van der Waals surface area contributed by atoms with Gasteiger partial charge >= 0.3 is 0 Å². The molecule has 46 heavy (non-hydrogen) atoms. The van der Waals surface area contributed by atoms with Crippen molar-refractivity contribution in [1.82, 2.24) is 15.9 Å². The first-order valence-electron chi connectivity index (χ1n) is 14.8. The van der Waals surface area contributed by atoms with Crippen LogP contribution in [-0.2, 0) is 38.1 Å². The van der Waals surface area contributed by atoms with Gasteiger partial charge in [-0.1, -0.05) is 0 Å². The molecule has 2 aliphatic rings. The van der Waals surface area contributed by atoms with Gasteiger partial charge in [-0.3, -0.25) is 10.6 Å². The summed E-state index contributed by atoms with van der Waals surface area (Å²) in [6.07, 6.45) is -15.8. The van der Waals surface area contributed by atoms with Crippen LogP contribution in [0.25, 0.3) is 0 Å². The second kappa shape index (κ2) is 19.0. The Bertz CT molecular complexity index is 971. The molecule has 0 bridgehead atoms. The molecular formula is C26H49N7O13. The molecule has 2 fully saturated rings. The van der Waals surface area contributed by atoms with Gasteiger partial charge in [0.25, 0.3) is 0 Å². The van der Waals surface area contributed by atoms with E-state index in [0.717, 1.165) is 5.01 Å². The Labute approximate surface area is 265 Å². The highest BCUT2D eigenvalue weighted by atomic mass is 16.7. The van der Waals surface area contributed by atoms with Crippen molar-refractivity contribution in [1.29, 1.82) is 0 Å². The van der Waals surface area contributed by atoms with E-state index in [1.54, 1.807) is 0 Å². The summed E-state index contributed by atoms with van der Waals surface area (Å²) < 4.78 is 23.2. The molecule has 2 aliphatic heterocycles. The molecule has 20 nitrogen and oxygen atoms in total. The van der Waals surface area contributed by atoms with Crippen molar-refractivity contribution in [2.45, 2.75) is 99.4 Å². The van der Waals surface area contributed by atoms with E-state index in [-0.39, 0.29) is 25.9 Å². The average molecular weight is 668 g/mol. The molecule has 1 amide bonds. The zero-order valence-electron chi connectivity index (χ0n) is 25.7. The van der Waals surface area contributed by atoms with Crippen molar-refractivity contribution in [3.05, 3.63) is 0 Å². The number of ether oxygens (including phenoxy) is 4. The van der Waals surface area contributed by atoms with Gasteiger partial charge in [0.2, 0.25) is 5.91 Å². The molecule has 8 unspecified atom stereocenters. The number of nitrogens with zero attached hydrogens (tertiary/aromatic N) is 1. The second-order valence-corrected chi connectivity index (χ2v) is 11.3. The number of nitrogens with one attached hydrogen (secondary N) is 2. The number of amides is 1. The predicted octanol–water partition coefficient (Wildman–Crippen LogP) is -7.32. The fourth-order valence-electron chi connectivity index (χ4n) is 5.35. The summed E-state index contributed by atoms with van der Waals surface area (Å²) in [7, 11) is 1.40. The molecule has 0 aliphatic carbocycles. The SMILES string of the molecule is C[C@H](N)C(O[C@H]1O[C@H](CN)[C@@H](O)C(O)C1C=O)C(O)[C@H](CNC(=O)C(C=O)CCN)O[C@H]1OC(CC=O)[C@@H](O)C(N(C)NN)C1O. The lowest BCUT2D eigenvalue weighted by molar-refractivity contribution is -0.318. The third-order valence-electron chi connectivity index (χ3n) is 8.08. The highest BCUT2D eigenvalue weighted by Crippen LogP contribution is 2.30. The molecule has 0 radical (unpaired) electrons. The highest BCUT2D eigenvalue weighted by Gasteiger charge is 2.50. The predicted molar refractivity (Wildman–Crippen MR) is 155 cm³/mol. The van der Waals surface area contributed by atoms with Crippen molar-refractivity contribution >= 4 is 24.8 Å². The minimum absolute atomic E-state index is 0.0212. The Morgan fingerprint density at radius 1 is 1.00 bits per heavy atom. The Hall–Kier alpha value is -2.12. The van der Waals surface area contributed by atoms with E-state index < -0.39 is 104 Å². The van der Waals surface area contributed by atoms with E-state index >= 15 is 0 Å². The van der Waals surface area contributed by atoms with Crippen LogP contribution in [0.3, 0.4) is 0 Å². The largest absolute Gasteiger partial charge is 0.389 e. The van der Waals surface area contributed by atoms with Crippen LogP contribution < -0.4 is 33.9 Å². The van der Waals surface area contributed by atoms with Gasteiger partial charge in [0.15, 0.2) is 12.6 Å². The number of aldehydes is 3. The van der Waals surface area contributed by atoms with E-state index in [0.29, 0.717) is 18.9 Å². The molecule has 0 spiro atoms. The van der Waals surface area contributed by atoms with Gasteiger partial charge in [-0.25, -0.2) is 5.01 Å². The van der Waals surface area contributed by atoms with Crippen LogP contribution in [0, 0.1) is 11.8 Å². The standard InChI is InChI=1S/C26H49N7O13/c1-11(29)23(46-25-13(10-36)18(37)20(39)15(7-28)44-25)21(40)16(8-31-24(42)12(9-35)3-5-27)45-26-22(41)17(33(2)32-30)19(38)14(43-26)4-6-34/h6,9-23,25-26,32,37-41H,3-5,7-8,27-30H2,1-2H3,(H,31,42)/t11-,12?,13?,14?,15+,16-,17?,18?,19+,20+,21?,22?,23?,25+,26+/m0/s1. The van der Waals surface area contributed by atoms with E-state index in [1.165, 1.54) is 14.0 Å². The molecule has 15 N–H and O–H groups in total.